The Kier molecular flexibility index (Phi) is 3.61. The molecule has 0 saturated carbocycles. The van der Waals surface area contributed by atoms with E-state index in [1.807, 2.05) is 12.1 Å². The summed E-state index contributed by atoms with van der Waals surface area (Å²) in [5.74, 6) is 0. The van der Waals surface area contributed by atoms with E-state index in [2.05, 4.69) is 38.5 Å². The summed E-state index contributed by atoms with van der Waals surface area (Å²) in [7, 11) is 0. The summed E-state index contributed by atoms with van der Waals surface area (Å²) in [6.45, 7) is 0.538. The molecule has 0 bridgehead atoms. The lowest BCUT2D eigenvalue weighted by Gasteiger charge is -2.04. The minimum Gasteiger partial charge on any atom is -0.326 e. The van der Waals surface area contributed by atoms with Crippen LogP contribution in [0.1, 0.15) is 5.56 Å². The number of hydrogen-bond donors (Lipinski definition) is 1. The Hall–Kier alpha value is 0.680. The Bertz CT molecular complexity index is 254. The fraction of sp³-hybridized carbons (Fsp3) is 0.143. The third-order valence-corrected chi connectivity index (χ3v) is 3.20. The van der Waals surface area contributed by atoms with E-state index in [-0.39, 0.29) is 0 Å². The predicted octanol–water partition coefficient (Wildman–Crippen LogP) is 3.17. The van der Waals surface area contributed by atoms with Gasteiger partial charge in [0, 0.05) is 19.6 Å². The fourth-order valence-corrected chi connectivity index (χ4v) is 3.14. The zero-order valence-electron chi connectivity index (χ0n) is 5.57. The highest BCUT2D eigenvalue weighted by molar-refractivity contribution is 14.1. The molecule has 1 nitrogen and oxygen atoms in total. The summed E-state index contributed by atoms with van der Waals surface area (Å²) < 4.78 is 2.08. The Morgan fingerprint density at radius 3 is 2.64 bits per heavy atom. The van der Waals surface area contributed by atoms with Crippen LogP contribution in [-0.4, -0.2) is 0 Å². The summed E-state index contributed by atoms with van der Waals surface area (Å²) in [5.41, 5.74) is 6.63. The van der Waals surface area contributed by atoms with Crippen LogP contribution in [0.5, 0.6) is 0 Å². The number of rotatable bonds is 1. The first kappa shape index (κ1) is 9.77. The smallest absolute Gasteiger partial charge is 0.0427 e. The lowest BCUT2D eigenvalue weighted by atomic mass is 10.2. The van der Waals surface area contributed by atoms with E-state index >= 15 is 0 Å². The quantitative estimate of drug-likeness (QED) is 0.777. The maximum absolute atomic E-state index is 5.80. The van der Waals surface area contributed by atoms with Gasteiger partial charge in [0.2, 0.25) is 0 Å². The van der Waals surface area contributed by atoms with Crippen molar-refractivity contribution in [3.05, 3.63) is 30.8 Å². The number of halogens is 3. The Morgan fingerprint density at radius 2 is 2.18 bits per heavy atom. The molecular weight excluding hydrogens is 340 g/mol. The molecule has 0 fully saturated rings. The fourth-order valence-electron chi connectivity index (χ4n) is 0.767. The van der Waals surface area contributed by atoms with Gasteiger partial charge in [-0.25, -0.2) is 0 Å². The maximum Gasteiger partial charge on any atom is 0.0427 e. The normalized spacial score (nSPS) is 10.2. The zero-order valence-corrected chi connectivity index (χ0v) is 10.1. The third-order valence-electron chi connectivity index (χ3n) is 1.31. The van der Waals surface area contributed by atoms with Gasteiger partial charge in [0.1, 0.15) is 0 Å². The molecule has 2 N–H and O–H groups in total. The standard InChI is InChI=1S/C7H6BrClIN/c8-6-1-4(9)2-7(10)5(6)3-11/h1-2H,3,11H2. The minimum absolute atomic E-state index is 0.538. The van der Waals surface area contributed by atoms with Crippen molar-refractivity contribution in [2.75, 3.05) is 0 Å². The number of hydrogen-bond acceptors (Lipinski definition) is 1. The Balaban J connectivity index is 3.25. The maximum atomic E-state index is 5.80. The van der Waals surface area contributed by atoms with Crippen LogP contribution >= 0.6 is 50.1 Å². The summed E-state index contributed by atoms with van der Waals surface area (Å²) in [6, 6.07) is 3.75. The molecule has 0 aromatic heterocycles. The Labute approximate surface area is 92.6 Å². The van der Waals surface area contributed by atoms with E-state index in [4.69, 9.17) is 17.3 Å². The van der Waals surface area contributed by atoms with Gasteiger partial charge < -0.3 is 5.73 Å². The first-order valence-electron chi connectivity index (χ1n) is 2.98. The molecule has 1 aromatic rings. The summed E-state index contributed by atoms with van der Waals surface area (Å²) in [6.07, 6.45) is 0. The summed E-state index contributed by atoms with van der Waals surface area (Å²) in [4.78, 5) is 0. The van der Waals surface area contributed by atoms with Gasteiger partial charge in [-0.1, -0.05) is 27.5 Å². The van der Waals surface area contributed by atoms with Gasteiger partial charge in [-0.2, -0.15) is 0 Å². The molecule has 0 saturated heterocycles. The zero-order chi connectivity index (χ0) is 8.43. The lowest BCUT2D eigenvalue weighted by Crippen LogP contribution is -1.99. The molecule has 0 amide bonds. The van der Waals surface area contributed by atoms with Crippen LogP contribution in [-0.2, 0) is 6.54 Å². The molecule has 11 heavy (non-hydrogen) atoms. The molecule has 60 valence electrons. The molecule has 0 aliphatic heterocycles. The highest BCUT2D eigenvalue weighted by atomic mass is 127. The monoisotopic (exact) mass is 345 g/mol. The predicted molar refractivity (Wildman–Crippen MR) is 59.8 cm³/mol. The van der Waals surface area contributed by atoms with E-state index in [1.54, 1.807) is 0 Å². The van der Waals surface area contributed by atoms with E-state index in [0.29, 0.717) is 6.54 Å². The number of nitrogens with two attached hydrogens (primary N) is 1. The average molecular weight is 346 g/mol. The molecule has 4 heteroatoms. The highest BCUT2D eigenvalue weighted by Gasteiger charge is 2.03. The van der Waals surface area contributed by atoms with Crippen molar-refractivity contribution in [3.8, 4) is 0 Å². The van der Waals surface area contributed by atoms with Crippen molar-refractivity contribution < 1.29 is 0 Å². The largest absolute Gasteiger partial charge is 0.326 e. The highest BCUT2D eigenvalue weighted by Crippen LogP contribution is 2.26. The molecule has 0 unspecified atom stereocenters. The first-order chi connectivity index (χ1) is 5.15. The van der Waals surface area contributed by atoms with Crippen LogP contribution in [0.2, 0.25) is 5.02 Å². The van der Waals surface area contributed by atoms with Crippen LogP contribution < -0.4 is 5.73 Å². The topological polar surface area (TPSA) is 26.0 Å². The third kappa shape index (κ3) is 2.31. The second-order valence-corrected chi connectivity index (χ2v) is 4.51. The molecule has 0 aliphatic rings. The van der Waals surface area contributed by atoms with Gasteiger partial charge in [0.05, 0.1) is 0 Å². The lowest BCUT2D eigenvalue weighted by molar-refractivity contribution is 1.05. The molecule has 0 atom stereocenters. The molecule has 0 aliphatic carbocycles. The molecular formula is C7H6BrClIN. The second-order valence-electron chi connectivity index (χ2n) is 2.05. The van der Waals surface area contributed by atoms with Crippen molar-refractivity contribution in [2.24, 2.45) is 5.73 Å². The van der Waals surface area contributed by atoms with E-state index in [9.17, 15) is 0 Å². The van der Waals surface area contributed by atoms with Crippen molar-refractivity contribution in [3.63, 3.8) is 0 Å². The molecule has 0 heterocycles. The summed E-state index contributed by atoms with van der Waals surface area (Å²) >= 11 is 11.4. The first-order valence-corrected chi connectivity index (χ1v) is 5.23. The minimum atomic E-state index is 0.538. The second kappa shape index (κ2) is 4.07. The van der Waals surface area contributed by atoms with Gasteiger partial charge >= 0.3 is 0 Å². The van der Waals surface area contributed by atoms with Crippen LogP contribution in [0.4, 0.5) is 0 Å². The van der Waals surface area contributed by atoms with Crippen molar-refractivity contribution in [2.45, 2.75) is 6.54 Å². The average Bonchev–Trinajstić information content (AvgIpc) is 1.85. The van der Waals surface area contributed by atoms with E-state index in [1.165, 1.54) is 0 Å². The molecule has 0 radical (unpaired) electrons. The SMILES string of the molecule is NCc1c(Br)cc(Cl)cc1I. The molecule has 0 spiro atoms. The molecule has 1 rings (SSSR count). The van der Waals surface area contributed by atoms with E-state index < -0.39 is 0 Å². The van der Waals surface area contributed by atoms with Gasteiger partial charge in [-0.05, 0) is 40.3 Å². The van der Waals surface area contributed by atoms with E-state index in [0.717, 1.165) is 18.6 Å². The summed E-state index contributed by atoms with van der Waals surface area (Å²) in [5, 5.41) is 0.735. The van der Waals surface area contributed by atoms with Crippen LogP contribution in [0.15, 0.2) is 16.6 Å². The Morgan fingerprint density at radius 1 is 1.55 bits per heavy atom. The van der Waals surface area contributed by atoms with Gasteiger partial charge in [0.15, 0.2) is 0 Å². The van der Waals surface area contributed by atoms with Crippen molar-refractivity contribution in [1.29, 1.82) is 0 Å². The van der Waals surface area contributed by atoms with Crippen LogP contribution in [0.3, 0.4) is 0 Å². The van der Waals surface area contributed by atoms with Gasteiger partial charge in [-0.15, -0.1) is 0 Å². The van der Waals surface area contributed by atoms with Gasteiger partial charge in [-0.3, -0.25) is 0 Å². The van der Waals surface area contributed by atoms with Gasteiger partial charge in [0.25, 0.3) is 0 Å². The van der Waals surface area contributed by atoms with Crippen LogP contribution in [0.25, 0.3) is 0 Å². The van der Waals surface area contributed by atoms with Crippen molar-refractivity contribution in [1.82, 2.24) is 0 Å². The molecule has 1 aromatic carbocycles. The van der Waals surface area contributed by atoms with Crippen molar-refractivity contribution >= 4 is 50.1 Å². The van der Waals surface area contributed by atoms with Crippen LogP contribution in [0, 0.1) is 3.57 Å². The number of benzene rings is 1.